The highest BCUT2D eigenvalue weighted by atomic mass is 35.5. The van der Waals surface area contributed by atoms with E-state index in [1.165, 1.54) is 40.7 Å². The predicted molar refractivity (Wildman–Crippen MR) is 121 cm³/mol. The Balaban J connectivity index is 1.70. The average molecular weight is 468 g/mol. The molecule has 0 bridgehead atoms. The van der Waals surface area contributed by atoms with E-state index in [9.17, 15) is 13.2 Å². The fraction of sp³-hybridized carbons (Fsp3) is 0.0870. The number of carboxylic acid groups (broad SMARTS) is 1. The third-order valence-corrected chi connectivity index (χ3v) is 6.93. The molecule has 2 aromatic carbocycles. The zero-order valence-electron chi connectivity index (χ0n) is 16.7. The molecule has 9 heteroatoms. The highest BCUT2D eigenvalue weighted by Crippen LogP contribution is 2.23. The van der Waals surface area contributed by atoms with Crippen LogP contribution in [0.2, 0.25) is 5.02 Å². The van der Waals surface area contributed by atoms with Crippen molar-refractivity contribution in [3.8, 4) is 0 Å². The maximum Gasteiger partial charge on any atom is 0.335 e. The normalized spacial score (nSPS) is 11.7. The van der Waals surface area contributed by atoms with Crippen molar-refractivity contribution < 1.29 is 18.3 Å². The van der Waals surface area contributed by atoms with E-state index in [4.69, 9.17) is 16.7 Å². The maximum absolute atomic E-state index is 13.4. The summed E-state index contributed by atoms with van der Waals surface area (Å²) in [6.07, 6.45) is 1.63. The van der Waals surface area contributed by atoms with Gasteiger partial charge >= 0.3 is 5.97 Å². The molecule has 4 aromatic rings. The zero-order valence-corrected chi connectivity index (χ0v) is 18.3. The number of carboxylic acids is 1. The van der Waals surface area contributed by atoms with Gasteiger partial charge in [0.25, 0.3) is 0 Å². The molecule has 0 aliphatic heterocycles. The molecular formula is C23H18ClN3O4S. The number of nitrogens with zero attached hydrogens (tertiary/aromatic N) is 3. The SMILES string of the molecule is O=C(O)c1ccc(CN(Cc2ccc3cccnc3n2)S(=O)(=O)c2ccc(Cl)cc2)cc1. The van der Waals surface area contributed by atoms with Gasteiger partial charge < -0.3 is 5.11 Å². The Morgan fingerprint density at radius 1 is 0.938 bits per heavy atom. The Hall–Kier alpha value is -3.33. The van der Waals surface area contributed by atoms with Crippen LogP contribution in [0.1, 0.15) is 21.6 Å². The first-order chi connectivity index (χ1) is 15.3. The number of carbonyl (C=O) groups is 1. The van der Waals surface area contributed by atoms with Gasteiger partial charge in [-0.15, -0.1) is 0 Å². The van der Waals surface area contributed by atoms with Gasteiger partial charge in [0.2, 0.25) is 10.0 Å². The van der Waals surface area contributed by atoms with Gasteiger partial charge in [0.15, 0.2) is 5.65 Å². The number of halogens is 1. The first-order valence-corrected chi connectivity index (χ1v) is 11.4. The van der Waals surface area contributed by atoms with E-state index in [0.717, 1.165) is 5.39 Å². The Morgan fingerprint density at radius 2 is 1.66 bits per heavy atom. The molecule has 0 aliphatic rings. The van der Waals surface area contributed by atoms with Gasteiger partial charge in [-0.3, -0.25) is 0 Å². The molecule has 0 fully saturated rings. The van der Waals surface area contributed by atoms with Gasteiger partial charge in [-0.2, -0.15) is 4.31 Å². The van der Waals surface area contributed by atoms with Crippen LogP contribution in [0.4, 0.5) is 0 Å². The van der Waals surface area contributed by atoms with Gasteiger partial charge in [0, 0.05) is 23.2 Å². The van der Waals surface area contributed by atoms with Crippen molar-refractivity contribution in [1.29, 1.82) is 0 Å². The maximum atomic E-state index is 13.4. The van der Waals surface area contributed by atoms with E-state index in [0.29, 0.717) is 21.9 Å². The third-order valence-electron chi connectivity index (χ3n) is 4.87. The van der Waals surface area contributed by atoms with Gasteiger partial charge in [-0.25, -0.2) is 23.2 Å². The molecule has 0 saturated heterocycles. The zero-order chi connectivity index (χ0) is 22.7. The number of fused-ring (bicyclic) bond motifs is 1. The van der Waals surface area contributed by atoms with Crippen molar-refractivity contribution in [2.45, 2.75) is 18.0 Å². The lowest BCUT2D eigenvalue weighted by Crippen LogP contribution is -2.30. The van der Waals surface area contributed by atoms with Crippen LogP contribution >= 0.6 is 11.6 Å². The Morgan fingerprint density at radius 3 is 2.34 bits per heavy atom. The summed E-state index contributed by atoms with van der Waals surface area (Å²) in [6, 6.07) is 19.3. The van der Waals surface area contributed by atoms with E-state index in [1.54, 1.807) is 24.4 Å². The minimum atomic E-state index is -3.90. The Kier molecular flexibility index (Phi) is 6.18. The number of pyridine rings is 2. The second-order valence-corrected chi connectivity index (χ2v) is 9.46. The number of sulfonamides is 1. The molecule has 2 heterocycles. The van der Waals surface area contributed by atoms with E-state index in [2.05, 4.69) is 9.97 Å². The van der Waals surface area contributed by atoms with E-state index in [1.807, 2.05) is 18.2 Å². The Bertz CT molecular complexity index is 1370. The second-order valence-electron chi connectivity index (χ2n) is 7.08. The molecule has 0 atom stereocenters. The standard InChI is InChI=1S/C23H18ClN3O4S/c24-19-8-11-21(12-9-19)32(30,31)27(14-16-3-5-18(6-4-16)23(28)29)15-20-10-7-17-2-1-13-25-22(17)26-20/h1-13H,14-15H2,(H,28,29). The summed E-state index contributed by atoms with van der Waals surface area (Å²) in [5, 5.41) is 10.4. The smallest absolute Gasteiger partial charge is 0.335 e. The summed E-state index contributed by atoms with van der Waals surface area (Å²) in [7, 11) is -3.90. The van der Waals surface area contributed by atoms with Crippen LogP contribution in [-0.2, 0) is 23.1 Å². The number of hydrogen-bond acceptors (Lipinski definition) is 5. The Labute approximate surface area is 190 Å². The van der Waals surface area contributed by atoms with E-state index >= 15 is 0 Å². The van der Waals surface area contributed by atoms with Gasteiger partial charge in [0.05, 0.1) is 22.7 Å². The van der Waals surface area contributed by atoms with Crippen molar-refractivity contribution in [3.63, 3.8) is 0 Å². The first kappa shape index (κ1) is 21.9. The van der Waals surface area contributed by atoms with Crippen LogP contribution in [-0.4, -0.2) is 33.8 Å². The molecule has 0 unspecified atom stereocenters. The lowest BCUT2D eigenvalue weighted by molar-refractivity contribution is 0.0697. The number of aromatic nitrogens is 2. The number of hydrogen-bond donors (Lipinski definition) is 1. The molecule has 0 spiro atoms. The lowest BCUT2D eigenvalue weighted by Gasteiger charge is -2.22. The number of aromatic carboxylic acids is 1. The van der Waals surface area contributed by atoms with Crippen LogP contribution in [0.3, 0.4) is 0 Å². The third kappa shape index (κ3) is 4.77. The number of rotatable bonds is 7. The van der Waals surface area contributed by atoms with Crippen molar-refractivity contribution in [2.24, 2.45) is 0 Å². The number of benzene rings is 2. The molecule has 0 amide bonds. The average Bonchev–Trinajstić information content (AvgIpc) is 2.79. The lowest BCUT2D eigenvalue weighted by atomic mass is 10.1. The van der Waals surface area contributed by atoms with Crippen LogP contribution in [0.25, 0.3) is 11.0 Å². The molecule has 7 nitrogen and oxygen atoms in total. The molecule has 0 aliphatic carbocycles. The van der Waals surface area contributed by atoms with Crippen LogP contribution in [0, 0.1) is 0 Å². The topological polar surface area (TPSA) is 100 Å². The molecule has 1 N–H and O–H groups in total. The van der Waals surface area contributed by atoms with Crippen LogP contribution < -0.4 is 0 Å². The first-order valence-electron chi connectivity index (χ1n) is 9.61. The fourth-order valence-electron chi connectivity index (χ4n) is 3.20. The summed E-state index contributed by atoms with van der Waals surface area (Å²) in [5.41, 5.74) is 1.84. The van der Waals surface area contributed by atoms with Gasteiger partial charge in [0.1, 0.15) is 0 Å². The summed E-state index contributed by atoms with van der Waals surface area (Å²) in [6.45, 7) is 0.0466. The van der Waals surface area contributed by atoms with Crippen molar-refractivity contribution in [3.05, 3.63) is 101 Å². The molecule has 162 valence electrons. The molecule has 4 rings (SSSR count). The van der Waals surface area contributed by atoms with Gasteiger partial charge in [-0.05, 0) is 66.2 Å². The van der Waals surface area contributed by atoms with Crippen LogP contribution in [0.15, 0.2) is 83.9 Å². The molecule has 0 saturated carbocycles. The molecule has 0 radical (unpaired) electrons. The van der Waals surface area contributed by atoms with E-state index in [-0.39, 0.29) is 23.5 Å². The summed E-state index contributed by atoms with van der Waals surface area (Å²) in [4.78, 5) is 20.0. The molecular weight excluding hydrogens is 450 g/mol. The highest BCUT2D eigenvalue weighted by molar-refractivity contribution is 7.89. The highest BCUT2D eigenvalue weighted by Gasteiger charge is 2.25. The minimum absolute atomic E-state index is 0.0121. The monoisotopic (exact) mass is 467 g/mol. The fourth-order valence-corrected chi connectivity index (χ4v) is 4.72. The second kappa shape index (κ2) is 9.04. The van der Waals surface area contributed by atoms with Crippen molar-refractivity contribution in [1.82, 2.24) is 14.3 Å². The summed E-state index contributed by atoms with van der Waals surface area (Å²) < 4.78 is 28.2. The minimum Gasteiger partial charge on any atom is -0.478 e. The van der Waals surface area contributed by atoms with Gasteiger partial charge in [-0.1, -0.05) is 23.7 Å². The predicted octanol–water partition coefficient (Wildman–Crippen LogP) is 4.37. The summed E-state index contributed by atoms with van der Waals surface area (Å²) in [5.74, 6) is -1.05. The quantitative estimate of drug-likeness (QED) is 0.433. The molecule has 32 heavy (non-hydrogen) atoms. The van der Waals surface area contributed by atoms with Crippen molar-refractivity contribution >= 4 is 38.6 Å². The largest absolute Gasteiger partial charge is 0.478 e. The van der Waals surface area contributed by atoms with Crippen molar-refractivity contribution in [2.75, 3.05) is 0 Å². The van der Waals surface area contributed by atoms with E-state index < -0.39 is 16.0 Å². The molecule has 2 aromatic heterocycles. The summed E-state index contributed by atoms with van der Waals surface area (Å²) >= 11 is 5.92. The van der Waals surface area contributed by atoms with Crippen LogP contribution in [0.5, 0.6) is 0 Å².